The third-order valence-corrected chi connectivity index (χ3v) is 7.21. The smallest absolute Gasteiger partial charge is 0.275 e. The summed E-state index contributed by atoms with van der Waals surface area (Å²) in [6.07, 6.45) is 3.00. The number of carbonyl (C=O) groups is 1. The molecule has 0 unspecified atom stereocenters. The molecule has 0 aliphatic carbocycles. The molecule has 1 amide bonds. The number of hydrogen-bond acceptors (Lipinski definition) is 2. The second kappa shape index (κ2) is 9.02. The molecule has 6 rings (SSSR count). The van der Waals surface area contributed by atoms with E-state index >= 15 is 0 Å². The molecule has 0 saturated carbocycles. The minimum Gasteiger partial charge on any atom is -0.321 e. The van der Waals surface area contributed by atoms with E-state index in [1.54, 1.807) is 12.1 Å². The third-order valence-electron chi connectivity index (χ3n) is 6.45. The number of amides is 1. The number of aryl methyl sites for hydroxylation is 2. The van der Waals surface area contributed by atoms with Crippen LogP contribution in [0.3, 0.4) is 0 Å². The van der Waals surface area contributed by atoms with Crippen LogP contribution in [0.1, 0.15) is 28.9 Å². The minimum atomic E-state index is -0.212. The average Bonchev–Trinajstić information content (AvgIpc) is 3.28. The SMILES string of the molecule is O=C(Nc1cccc(Cl)c1)c1c(-c2ccc(Br)cc2)c2c3n(c(-c4ccccc4)nn13)CCCC2. The summed E-state index contributed by atoms with van der Waals surface area (Å²) in [6.45, 7) is 0.861. The highest BCUT2D eigenvalue weighted by molar-refractivity contribution is 9.10. The second-order valence-corrected chi connectivity index (χ2v) is 10.1. The topological polar surface area (TPSA) is 51.3 Å². The third kappa shape index (κ3) is 3.97. The summed E-state index contributed by atoms with van der Waals surface area (Å²) < 4.78 is 5.12. The quantitative estimate of drug-likeness (QED) is 0.255. The van der Waals surface area contributed by atoms with Gasteiger partial charge >= 0.3 is 0 Å². The number of nitrogens with one attached hydrogen (secondary N) is 1. The lowest BCUT2D eigenvalue weighted by atomic mass is 9.98. The first-order chi connectivity index (χ1) is 17.1. The Bertz CT molecular complexity index is 1550. The molecule has 5 nitrogen and oxygen atoms in total. The molecule has 0 radical (unpaired) electrons. The van der Waals surface area contributed by atoms with Gasteiger partial charge in [-0.2, -0.15) is 0 Å². The van der Waals surface area contributed by atoms with Gasteiger partial charge in [0, 0.05) is 38.4 Å². The predicted octanol–water partition coefficient (Wildman–Crippen LogP) is 7.47. The fraction of sp³-hybridized carbons (Fsp3) is 0.143. The molecule has 1 aliphatic heterocycles. The Kier molecular flexibility index (Phi) is 5.71. The van der Waals surface area contributed by atoms with E-state index in [0.29, 0.717) is 16.4 Å². The average molecular weight is 546 g/mol. The highest BCUT2D eigenvalue weighted by atomic mass is 79.9. The zero-order valence-electron chi connectivity index (χ0n) is 18.8. The number of hydrogen-bond donors (Lipinski definition) is 1. The van der Waals surface area contributed by atoms with Crippen LogP contribution in [0.15, 0.2) is 83.3 Å². The zero-order valence-corrected chi connectivity index (χ0v) is 21.2. The Morgan fingerprint density at radius 2 is 1.74 bits per heavy atom. The van der Waals surface area contributed by atoms with Gasteiger partial charge < -0.3 is 9.88 Å². The van der Waals surface area contributed by atoms with Crippen molar-refractivity contribution >= 4 is 44.8 Å². The molecule has 1 N–H and O–H groups in total. The number of carbonyl (C=O) groups excluding carboxylic acids is 1. The molecule has 0 fully saturated rings. The van der Waals surface area contributed by atoms with Gasteiger partial charge in [-0.1, -0.05) is 76.1 Å². The molecular weight excluding hydrogens is 524 g/mol. The van der Waals surface area contributed by atoms with Crippen molar-refractivity contribution in [2.24, 2.45) is 0 Å². The van der Waals surface area contributed by atoms with Crippen LogP contribution in [0.4, 0.5) is 5.69 Å². The van der Waals surface area contributed by atoms with Gasteiger partial charge in [0.05, 0.1) is 0 Å². The number of halogens is 2. The first-order valence-electron chi connectivity index (χ1n) is 11.6. The van der Waals surface area contributed by atoms with E-state index in [4.69, 9.17) is 16.7 Å². The fourth-order valence-electron chi connectivity index (χ4n) is 4.93. The van der Waals surface area contributed by atoms with E-state index in [0.717, 1.165) is 64.0 Å². The van der Waals surface area contributed by atoms with Crippen LogP contribution in [0, 0.1) is 0 Å². The van der Waals surface area contributed by atoms with Gasteiger partial charge in [-0.15, -0.1) is 5.10 Å². The lowest BCUT2D eigenvalue weighted by molar-refractivity contribution is 0.102. The van der Waals surface area contributed by atoms with Gasteiger partial charge in [0.2, 0.25) is 0 Å². The molecule has 35 heavy (non-hydrogen) atoms. The van der Waals surface area contributed by atoms with Gasteiger partial charge in [-0.3, -0.25) is 4.79 Å². The Morgan fingerprint density at radius 1 is 0.943 bits per heavy atom. The Labute approximate surface area is 216 Å². The maximum absolute atomic E-state index is 13.9. The first kappa shape index (κ1) is 22.1. The summed E-state index contributed by atoms with van der Waals surface area (Å²) in [6, 6.07) is 25.5. The van der Waals surface area contributed by atoms with Gasteiger partial charge in [0.15, 0.2) is 5.82 Å². The van der Waals surface area contributed by atoms with E-state index in [1.165, 1.54) is 0 Å². The van der Waals surface area contributed by atoms with Gasteiger partial charge in [-0.05, 0) is 55.2 Å². The van der Waals surface area contributed by atoms with E-state index in [-0.39, 0.29) is 5.91 Å². The number of aromatic nitrogens is 3. The van der Waals surface area contributed by atoms with E-state index in [2.05, 4.69) is 50.1 Å². The van der Waals surface area contributed by atoms with Crippen LogP contribution in [0.25, 0.3) is 28.2 Å². The van der Waals surface area contributed by atoms with Crippen molar-refractivity contribution in [3.8, 4) is 22.5 Å². The van der Waals surface area contributed by atoms with Crippen LogP contribution >= 0.6 is 27.5 Å². The maximum atomic E-state index is 13.9. The van der Waals surface area contributed by atoms with Crippen molar-refractivity contribution in [1.29, 1.82) is 0 Å². The summed E-state index contributed by atoms with van der Waals surface area (Å²) in [5, 5.41) is 8.65. The number of anilines is 1. The number of nitrogens with zero attached hydrogens (tertiary/aromatic N) is 3. The van der Waals surface area contributed by atoms with E-state index in [1.807, 2.05) is 47.0 Å². The molecule has 174 valence electrons. The number of rotatable bonds is 4. The van der Waals surface area contributed by atoms with Crippen LogP contribution < -0.4 is 5.32 Å². The molecule has 0 atom stereocenters. The summed E-state index contributed by atoms with van der Waals surface area (Å²) in [7, 11) is 0. The van der Waals surface area contributed by atoms with Gasteiger partial charge in [0.25, 0.3) is 5.91 Å². The summed E-state index contributed by atoms with van der Waals surface area (Å²) in [5.41, 5.74) is 6.32. The molecule has 0 spiro atoms. The molecule has 3 aromatic carbocycles. The lowest BCUT2D eigenvalue weighted by Gasteiger charge is -2.10. The first-order valence-corrected chi connectivity index (χ1v) is 12.8. The van der Waals surface area contributed by atoms with Crippen LogP contribution in [0.5, 0.6) is 0 Å². The standard InChI is InChI=1S/C28H22BrClN4O/c29-20-14-12-18(13-15-20)24-23-11-4-5-16-33-26(19-7-2-1-3-8-19)32-34(28(23)33)25(24)27(35)31-22-10-6-9-21(30)17-22/h1-3,6-10,12-15,17H,4-5,11,16H2,(H,31,35). The second-order valence-electron chi connectivity index (χ2n) is 8.71. The van der Waals surface area contributed by atoms with Crippen LogP contribution in [-0.2, 0) is 13.0 Å². The normalized spacial score (nSPS) is 13.1. The van der Waals surface area contributed by atoms with Crippen LogP contribution in [0.2, 0.25) is 5.02 Å². The largest absolute Gasteiger partial charge is 0.321 e. The molecule has 0 bridgehead atoms. The fourth-order valence-corrected chi connectivity index (χ4v) is 5.39. The molecule has 3 heterocycles. The highest BCUT2D eigenvalue weighted by Gasteiger charge is 2.30. The lowest BCUT2D eigenvalue weighted by Crippen LogP contribution is -2.16. The molecule has 2 aromatic heterocycles. The van der Waals surface area contributed by atoms with Crippen molar-refractivity contribution in [1.82, 2.24) is 14.2 Å². The Hall–Kier alpha value is -3.35. The molecule has 0 saturated heterocycles. The molecular formula is C28H22BrClN4O. The van der Waals surface area contributed by atoms with E-state index in [9.17, 15) is 4.79 Å². The predicted molar refractivity (Wildman–Crippen MR) is 144 cm³/mol. The Morgan fingerprint density at radius 3 is 2.51 bits per heavy atom. The van der Waals surface area contributed by atoms with Crippen molar-refractivity contribution in [2.75, 3.05) is 5.32 Å². The van der Waals surface area contributed by atoms with Crippen molar-refractivity contribution in [2.45, 2.75) is 25.8 Å². The van der Waals surface area contributed by atoms with Gasteiger partial charge in [0.1, 0.15) is 11.3 Å². The van der Waals surface area contributed by atoms with Crippen molar-refractivity contribution in [3.63, 3.8) is 0 Å². The van der Waals surface area contributed by atoms with Crippen molar-refractivity contribution < 1.29 is 4.79 Å². The van der Waals surface area contributed by atoms with Gasteiger partial charge in [-0.25, -0.2) is 4.52 Å². The molecule has 1 aliphatic rings. The van der Waals surface area contributed by atoms with Crippen LogP contribution in [-0.4, -0.2) is 20.1 Å². The summed E-state index contributed by atoms with van der Waals surface area (Å²) >= 11 is 9.72. The summed E-state index contributed by atoms with van der Waals surface area (Å²) in [5.74, 6) is 0.666. The zero-order chi connectivity index (χ0) is 23.9. The van der Waals surface area contributed by atoms with E-state index < -0.39 is 0 Å². The number of benzene rings is 3. The summed E-state index contributed by atoms with van der Waals surface area (Å²) in [4.78, 5) is 13.9. The van der Waals surface area contributed by atoms with Crippen molar-refractivity contribution in [3.05, 3.63) is 99.6 Å². The molecule has 7 heteroatoms. The molecule has 5 aromatic rings. The minimum absolute atomic E-state index is 0.212. The Balaban J connectivity index is 1.61. The monoisotopic (exact) mass is 544 g/mol. The maximum Gasteiger partial charge on any atom is 0.275 e. The highest BCUT2D eigenvalue weighted by Crippen LogP contribution is 2.39.